The molecule has 2 unspecified atom stereocenters. The summed E-state index contributed by atoms with van der Waals surface area (Å²) in [7, 11) is 0. The average molecular weight is 329 g/mol. The number of piperazine rings is 1. The van der Waals surface area contributed by atoms with Crippen LogP contribution in [0.3, 0.4) is 0 Å². The van der Waals surface area contributed by atoms with Crippen LogP contribution in [0.4, 0.5) is 4.39 Å². The highest BCUT2D eigenvalue weighted by Crippen LogP contribution is 2.32. The van der Waals surface area contributed by atoms with E-state index in [2.05, 4.69) is 46.9 Å². The number of hydrogen-bond acceptors (Lipinski definition) is 2. The van der Waals surface area contributed by atoms with Gasteiger partial charge in [-0.25, -0.2) is 4.39 Å². The van der Waals surface area contributed by atoms with E-state index in [4.69, 9.17) is 0 Å². The Hall–Kier alpha value is -0.450. The molecule has 2 nitrogen and oxygen atoms in total. The monoisotopic (exact) mass is 328 g/mol. The van der Waals surface area contributed by atoms with Crippen LogP contribution in [-0.2, 0) is 0 Å². The van der Waals surface area contributed by atoms with Crippen molar-refractivity contribution in [3.8, 4) is 0 Å². The fraction of sp³-hybridized carbons (Fsp3) is 0.600. The maximum atomic E-state index is 14.2. The molecule has 0 aromatic heterocycles. The Morgan fingerprint density at radius 3 is 2.74 bits per heavy atom. The second kappa shape index (κ2) is 6.33. The summed E-state index contributed by atoms with van der Waals surface area (Å²) in [4.78, 5) is 2.40. The molecule has 0 bridgehead atoms. The van der Waals surface area contributed by atoms with Crippen LogP contribution in [0.1, 0.15) is 32.4 Å². The van der Waals surface area contributed by atoms with Crippen molar-refractivity contribution in [1.29, 1.82) is 0 Å². The first-order valence-electron chi connectivity index (χ1n) is 6.91. The summed E-state index contributed by atoms with van der Waals surface area (Å²) in [6, 6.07) is 6.03. The molecule has 4 heteroatoms. The third kappa shape index (κ3) is 3.56. The molecule has 1 aliphatic rings. The summed E-state index contributed by atoms with van der Waals surface area (Å²) >= 11 is 3.32. The molecular formula is C15H22BrFN2. The van der Waals surface area contributed by atoms with Gasteiger partial charge in [-0.15, -0.1) is 0 Å². The number of hydrogen-bond donors (Lipinski definition) is 1. The molecule has 1 aromatic carbocycles. The van der Waals surface area contributed by atoms with Crippen LogP contribution in [0.5, 0.6) is 0 Å². The first-order chi connectivity index (χ1) is 8.99. The largest absolute Gasteiger partial charge is 0.312 e. The topological polar surface area (TPSA) is 15.3 Å². The van der Waals surface area contributed by atoms with Crippen LogP contribution < -0.4 is 5.32 Å². The normalized spacial score (nSPS) is 22.7. The van der Waals surface area contributed by atoms with Gasteiger partial charge < -0.3 is 5.32 Å². The van der Waals surface area contributed by atoms with E-state index in [0.717, 1.165) is 29.7 Å². The van der Waals surface area contributed by atoms with Crippen molar-refractivity contribution in [3.63, 3.8) is 0 Å². The molecule has 0 aliphatic carbocycles. The van der Waals surface area contributed by atoms with Crippen molar-refractivity contribution in [2.45, 2.75) is 32.9 Å². The molecular weight excluding hydrogens is 307 g/mol. The lowest BCUT2D eigenvalue weighted by Crippen LogP contribution is -2.51. The van der Waals surface area contributed by atoms with Gasteiger partial charge in [0.2, 0.25) is 0 Å². The van der Waals surface area contributed by atoms with Gasteiger partial charge in [0.05, 0.1) is 0 Å². The molecule has 1 fully saturated rings. The number of nitrogens with zero attached hydrogens (tertiary/aromatic N) is 1. The maximum Gasteiger partial charge on any atom is 0.129 e. The lowest BCUT2D eigenvalue weighted by Gasteiger charge is -2.40. The van der Waals surface area contributed by atoms with Gasteiger partial charge in [0.25, 0.3) is 0 Å². The molecule has 106 valence electrons. The van der Waals surface area contributed by atoms with Crippen molar-refractivity contribution in [2.75, 3.05) is 19.6 Å². The molecule has 2 rings (SSSR count). The Morgan fingerprint density at radius 2 is 2.16 bits per heavy atom. The second-order valence-electron chi connectivity index (χ2n) is 5.70. The van der Waals surface area contributed by atoms with Crippen molar-refractivity contribution in [2.24, 2.45) is 5.92 Å². The van der Waals surface area contributed by atoms with Gasteiger partial charge in [-0.2, -0.15) is 0 Å². The molecule has 1 N–H and O–H groups in total. The van der Waals surface area contributed by atoms with Crippen molar-refractivity contribution >= 4 is 15.9 Å². The fourth-order valence-electron chi connectivity index (χ4n) is 2.93. The second-order valence-corrected chi connectivity index (χ2v) is 6.62. The molecule has 1 heterocycles. The molecule has 0 spiro atoms. The molecule has 0 amide bonds. The minimum Gasteiger partial charge on any atom is -0.312 e. The maximum absolute atomic E-state index is 14.2. The van der Waals surface area contributed by atoms with E-state index in [9.17, 15) is 4.39 Å². The number of nitrogens with one attached hydrogen (secondary N) is 1. The highest BCUT2D eigenvalue weighted by atomic mass is 79.9. The zero-order valence-electron chi connectivity index (χ0n) is 11.8. The van der Waals surface area contributed by atoms with E-state index < -0.39 is 0 Å². The quantitative estimate of drug-likeness (QED) is 0.912. The minimum atomic E-state index is -0.112. The summed E-state index contributed by atoms with van der Waals surface area (Å²) in [6.07, 6.45) is 0. The summed E-state index contributed by atoms with van der Waals surface area (Å²) in [5, 5.41) is 3.44. The number of halogens is 2. The van der Waals surface area contributed by atoms with E-state index >= 15 is 0 Å². The van der Waals surface area contributed by atoms with Crippen LogP contribution in [0, 0.1) is 11.7 Å². The minimum absolute atomic E-state index is 0.112. The van der Waals surface area contributed by atoms with E-state index in [1.54, 1.807) is 6.07 Å². The van der Waals surface area contributed by atoms with Gasteiger partial charge in [-0.05, 0) is 25.0 Å². The Bertz CT molecular complexity index is 436. The molecule has 1 aliphatic heterocycles. The molecule has 1 aromatic rings. The first-order valence-corrected chi connectivity index (χ1v) is 7.70. The Kier molecular flexibility index (Phi) is 4.98. The summed E-state index contributed by atoms with van der Waals surface area (Å²) in [5.74, 6) is 0.278. The van der Waals surface area contributed by atoms with Gasteiger partial charge in [0, 0.05) is 41.8 Å². The SMILES string of the molecule is CC1CN(C(c2ccc(Br)cc2F)C(C)C)CCN1. The fourth-order valence-corrected chi connectivity index (χ4v) is 3.27. The van der Waals surface area contributed by atoms with Crippen LogP contribution in [0.2, 0.25) is 0 Å². The molecule has 0 saturated carbocycles. The first kappa shape index (κ1) is 14.9. The standard InChI is InChI=1S/C15H22BrFN2/c1-10(2)15(19-7-6-18-11(3)9-19)13-5-4-12(16)8-14(13)17/h4-5,8,10-11,15,18H,6-7,9H2,1-3H3. The Morgan fingerprint density at radius 1 is 1.42 bits per heavy atom. The highest BCUT2D eigenvalue weighted by molar-refractivity contribution is 9.10. The van der Waals surface area contributed by atoms with Gasteiger partial charge >= 0.3 is 0 Å². The third-order valence-electron chi connectivity index (χ3n) is 3.71. The van der Waals surface area contributed by atoms with E-state index in [1.165, 1.54) is 0 Å². The average Bonchev–Trinajstić information content (AvgIpc) is 2.32. The Labute approximate surface area is 123 Å². The Balaban J connectivity index is 2.29. The van der Waals surface area contributed by atoms with E-state index in [1.807, 2.05) is 12.1 Å². The van der Waals surface area contributed by atoms with Gasteiger partial charge in [-0.1, -0.05) is 35.8 Å². The predicted octanol–water partition coefficient (Wildman–Crippen LogP) is 3.58. The molecule has 2 atom stereocenters. The van der Waals surface area contributed by atoms with Gasteiger partial charge in [0.1, 0.15) is 5.82 Å². The predicted molar refractivity (Wildman–Crippen MR) is 80.7 cm³/mol. The van der Waals surface area contributed by atoms with Crippen LogP contribution in [-0.4, -0.2) is 30.6 Å². The zero-order chi connectivity index (χ0) is 14.0. The van der Waals surface area contributed by atoms with Crippen LogP contribution in [0.25, 0.3) is 0 Å². The van der Waals surface area contributed by atoms with Crippen molar-refractivity contribution in [1.82, 2.24) is 10.2 Å². The molecule has 1 saturated heterocycles. The molecule has 0 radical (unpaired) electrons. The summed E-state index contributed by atoms with van der Waals surface area (Å²) < 4.78 is 15.0. The van der Waals surface area contributed by atoms with E-state index in [-0.39, 0.29) is 11.9 Å². The number of rotatable bonds is 3. The van der Waals surface area contributed by atoms with Crippen molar-refractivity contribution < 1.29 is 4.39 Å². The lowest BCUT2D eigenvalue weighted by molar-refractivity contribution is 0.114. The molecule has 19 heavy (non-hydrogen) atoms. The number of benzene rings is 1. The zero-order valence-corrected chi connectivity index (χ0v) is 13.4. The van der Waals surface area contributed by atoms with E-state index in [0.29, 0.717) is 12.0 Å². The summed E-state index contributed by atoms with van der Waals surface area (Å²) in [6.45, 7) is 9.43. The van der Waals surface area contributed by atoms with Gasteiger partial charge in [-0.3, -0.25) is 4.90 Å². The van der Waals surface area contributed by atoms with Crippen LogP contribution in [0.15, 0.2) is 22.7 Å². The van der Waals surface area contributed by atoms with Gasteiger partial charge in [0.15, 0.2) is 0 Å². The third-order valence-corrected chi connectivity index (χ3v) is 4.20. The lowest BCUT2D eigenvalue weighted by atomic mass is 9.93. The van der Waals surface area contributed by atoms with Crippen molar-refractivity contribution in [3.05, 3.63) is 34.1 Å². The smallest absolute Gasteiger partial charge is 0.129 e. The highest BCUT2D eigenvalue weighted by Gasteiger charge is 2.29. The van der Waals surface area contributed by atoms with Crippen LogP contribution >= 0.6 is 15.9 Å². The summed E-state index contributed by atoms with van der Waals surface area (Å²) in [5.41, 5.74) is 0.812.